The molecule has 3 heteroatoms. The molecule has 0 saturated heterocycles. The second-order valence-corrected chi connectivity index (χ2v) is 14.9. The highest BCUT2D eigenvalue weighted by atomic mass is 15.1. The van der Waals surface area contributed by atoms with Crippen LogP contribution in [0.4, 0.5) is 5.69 Å². The Kier molecular flexibility index (Phi) is 10.2. The van der Waals surface area contributed by atoms with E-state index < -0.39 is 0 Å². The maximum atomic E-state index is 5.35. The zero-order valence-corrected chi connectivity index (χ0v) is 32.6. The first-order chi connectivity index (χ1) is 26.9. The smallest absolute Gasteiger partial charge is 0.133 e. The van der Waals surface area contributed by atoms with Crippen molar-refractivity contribution < 1.29 is 0 Å². The van der Waals surface area contributed by atoms with E-state index in [0.29, 0.717) is 0 Å². The molecule has 0 fully saturated rings. The predicted octanol–water partition coefficient (Wildman–Crippen LogP) is 13.6. The largest absolute Gasteiger partial charge is 0.339 e. The number of rotatable bonds is 6. The van der Waals surface area contributed by atoms with E-state index in [1.165, 1.54) is 90.3 Å². The lowest BCUT2D eigenvalue weighted by Gasteiger charge is -2.27. The van der Waals surface area contributed by atoms with Crippen molar-refractivity contribution in [3.63, 3.8) is 0 Å². The molecule has 55 heavy (non-hydrogen) atoms. The van der Waals surface area contributed by atoms with Gasteiger partial charge in [-0.25, -0.2) is 0 Å². The average molecular weight is 716 g/mol. The summed E-state index contributed by atoms with van der Waals surface area (Å²) in [5, 5.41) is 7.47. The lowest BCUT2D eigenvalue weighted by Crippen LogP contribution is -2.22. The second kappa shape index (κ2) is 15.7. The Balaban J connectivity index is 0.000000256. The molecule has 1 N–H and O–H groups in total. The molecule has 1 aliphatic carbocycles. The molecule has 6 aromatic carbocycles. The number of allylic oxidation sites excluding steroid dienone is 5. The van der Waals surface area contributed by atoms with Crippen LogP contribution in [0.1, 0.15) is 82.9 Å². The van der Waals surface area contributed by atoms with Crippen LogP contribution in [0.25, 0.3) is 33.3 Å². The van der Waals surface area contributed by atoms with Gasteiger partial charge in [-0.1, -0.05) is 145 Å². The van der Waals surface area contributed by atoms with Crippen LogP contribution in [-0.2, 0) is 6.54 Å². The fraction of sp³-hybridized carbons (Fsp3) is 0.173. The maximum absolute atomic E-state index is 5.35. The van der Waals surface area contributed by atoms with Gasteiger partial charge in [-0.05, 0) is 110 Å². The molecule has 0 bridgehead atoms. The van der Waals surface area contributed by atoms with Crippen LogP contribution in [0.3, 0.4) is 0 Å². The SMILES string of the molecule is C/C=C\c1c(C)c2ccccc2n1Cc1cccc(C2N=C(c3cccc(C)c3)Nc3c2ccc2ccccc32)c1.CC1=C(c2ccccc2C)CCC=C1. The Morgan fingerprint density at radius 1 is 0.764 bits per heavy atom. The molecular formula is C52H49N3. The third-order valence-corrected chi connectivity index (χ3v) is 11.1. The number of nitrogens with zero attached hydrogens (tertiary/aromatic N) is 2. The molecule has 0 radical (unpaired) electrons. The summed E-state index contributed by atoms with van der Waals surface area (Å²) in [4.78, 5) is 5.35. The second-order valence-electron chi connectivity index (χ2n) is 14.9. The highest BCUT2D eigenvalue weighted by molar-refractivity contribution is 6.14. The van der Waals surface area contributed by atoms with Crippen molar-refractivity contribution in [3.05, 3.63) is 207 Å². The molecule has 2 heterocycles. The Hall–Kier alpha value is -6.19. The van der Waals surface area contributed by atoms with E-state index in [-0.39, 0.29) is 6.04 Å². The van der Waals surface area contributed by atoms with Gasteiger partial charge in [0.2, 0.25) is 0 Å². The van der Waals surface area contributed by atoms with E-state index in [9.17, 15) is 0 Å². The van der Waals surface area contributed by atoms with E-state index in [1.807, 2.05) is 0 Å². The van der Waals surface area contributed by atoms with Crippen molar-refractivity contribution in [2.75, 3.05) is 5.32 Å². The van der Waals surface area contributed by atoms with Gasteiger partial charge in [0.05, 0.1) is 5.69 Å². The summed E-state index contributed by atoms with van der Waals surface area (Å²) >= 11 is 0. The first-order valence-electron chi connectivity index (χ1n) is 19.5. The van der Waals surface area contributed by atoms with Crippen LogP contribution >= 0.6 is 0 Å². The highest BCUT2D eigenvalue weighted by Crippen LogP contribution is 2.40. The molecule has 2 aliphatic rings. The monoisotopic (exact) mass is 715 g/mol. The van der Waals surface area contributed by atoms with Gasteiger partial charge in [0.15, 0.2) is 0 Å². The van der Waals surface area contributed by atoms with E-state index in [1.54, 1.807) is 0 Å². The summed E-state index contributed by atoms with van der Waals surface area (Å²) in [6.07, 6.45) is 11.2. The first-order valence-corrected chi connectivity index (χ1v) is 19.5. The number of para-hydroxylation sites is 1. The summed E-state index contributed by atoms with van der Waals surface area (Å²) in [5.74, 6) is 0.912. The number of hydrogen-bond donors (Lipinski definition) is 1. The molecule has 1 aliphatic heterocycles. The molecule has 0 saturated carbocycles. The number of anilines is 1. The maximum Gasteiger partial charge on any atom is 0.133 e. The van der Waals surface area contributed by atoms with Crippen molar-refractivity contribution in [2.24, 2.45) is 4.99 Å². The van der Waals surface area contributed by atoms with Crippen molar-refractivity contribution in [1.82, 2.24) is 4.57 Å². The van der Waals surface area contributed by atoms with Gasteiger partial charge >= 0.3 is 0 Å². The molecule has 272 valence electrons. The summed E-state index contributed by atoms with van der Waals surface area (Å²) < 4.78 is 2.44. The number of benzene rings is 6. The highest BCUT2D eigenvalue weighted by Gasteiger charge is 2.26. The Labute approximate surface area is 326 Å². The fourth-order valence-corrected chi connectivity index (χ4v) is 8.33. The van der Waals surface area contributed by atoms with Gasteiger partial charge < -0.3 is 9.88 Å². The fourth-order valence-electron chi connectivity index (χ4n) is 8.33. The van der Waals surface area contributed by atoms with Gasteiger partial charge in [0.1, 0.15) is 11.9 Å². The number of nitrogens with one attached hydrogen (secondary N) is 1. The molecule has 7 aromatic rings. The summed E-state index contributed by atoms with van der Waals surface area (Å²) in [5.41, 5.74) is 16.7. The lowest BCUT2D eigenvalue weighted by molar-refractivity contribution is 0.812. The summed E-state index contributed by atoms with van der Waals surface area (Å²) in [7, 11) is 0. The number of hydrogen-bond acceptors (Lipinski definition) is 2. The van der Waals surface area contributed by atoms with E-state index >= 15 is 0 Å². The van der Waals surface area contributed by atoms with E-state index in [0.717, 1.165) is 23.6 Å². The molecule has 1 atom stereocenters. The standard InChI is InChI=1S/C38H33N3.C14H16/c1-4-11-34-26(3)31-17-7-8-19-35(31)41(34)24-27-13-10-15-29(23-27)36-33-21-20-28-14-5-6-18-32(28)37(33)40-38(39-36)30-16-9-12-25(2)22-30;1-11-7-3-5-9-13(11)14-10-6-4-8-12(14)2/h4-23,36H,24H2,1-3H3,(H,39,40);3-5,7-9H,6,10H2,1-2H3/b11-4-;. The molecule has 1 unspecified atom stereocenters. The van der Waals surface area contributed by atoms with Crippen molar-refractivity contribution in [1.29, 1.82) is 0 Å². The minimum Gasteiger partial charge on any atom is -0.339 e. The number of fused-ring (bicyclic) bond motifs is 4. The van der Waals surface area contributed by atoms with Crippen LogP contribution in [-0.4, -0.2) is 10.4 Å². The first kappa shape index (κ1) is 35.8. The average Bonchev–Trinajstić information content (AvgIpc) is 3.47. The normalized spacial score (nSPS) is 15.1. The third-order valence-electron chi connectivity index (χ3n) is 11.1. The van der Waals surface area contributed by atoms with Gasteiger partial charge in [-0.2, -0.15) is 0 Å². The summed E-state index contributed by atoms with van der Waals surface area (Å²) in [6, 6.07) is 47.9. The number of aliphatic imine (C=N–C) groups is 1. The van der Waals surface area contributed by atoms with Crippen LogP contribution < -0.4 is 5.32 Å². The Morgan fingerprint density at radius 2 is 1.55 bits per heavy atom. The molecule has 0 amide bonds. The van der Waals surface area contributed by atoms with Crippen molar-refractivity contribution in [3.8, 4) is 0 Å². The van der Waals surface area contributed by atoms with E-state index in [2.05, 4.69) is 202 Å². The summed E-state index contributed by atoms with van der Waals surface area (Å²) in [6.45, 7) is 11.6. The molecular weight excluding hydrogens is 667 g/mol. The Morgan fingerprint density at radius 3 is 2.36 bits per heavy atom. The van der Waals surface area contributed by atoms with Crippen LogP contribution in [0.5, 0.6) is 0 Å². The van der Waals surface area contributed by atoms with Crippen molar-refractivity contribution in [2.45, 2.75) is 60.0 Å². The van der Waals surface area contributed by atoms with Crippen LogP contribution in [0.2, 0.25) is 0 Å². The minimum absolute atomic E-state index is 0.107. The van der Waals surface area contributed by atoms with Crippen LogP contribution in [0.15, 0.2) is 162 Å². The number of amidine groups is 1. The lowest BCUT2D eigenvalue weighted by atomic mass is 9.90. The van der Waals surface area contributed by atoms with Crippen LogP contribution in [0, 0.1) is 20.8 Å². The van der Waals surface area contributed by atoms with Gasteiger partial charge in [-0.3, -0.25) is 4.99 Å². The van der Waals surface area contributed by atoms with Gasteiger partial charge in [0, 0.05) is 39.7 Å². The Bertz CT molecular complexity index is 2660. The van der Waals surface area contributed by atoms with Crippen molar-refractivity contribution >= 4 is 44.8 Å². The van der Waals surface area contributed by atoms with Gasteiger partial charge in [0.25, 0.3) is 0 Å². The topological polar surface area (TPSA) is 29.3 Å². The minimum atomic E-state index is -0.107. The molecule has 9 rings (SSSR count). The zero-order chi connectivity index (χ0) is 37.9. The molecule has 3 nitrogen and oxygen atoms in total. The molecule has 0 spiro atoms. The molecule has 1 aromatic heterocycles. The van der Waals surface area contributed by atoms with E-state index in [4.69, 9.17) is 4.99 Å². The predicted molar refractivity (Wildman–Crippen MR) is 236 cm³/mol. The van der Waals surface area contributed by atoms with Gasteiger partial charge in [-0.15, -0.1) is 0 Å². The number of aryl methyl sites for hydroxylation is 3. The third kappa shape index (κ3) is 7.23. The zero-order valence-electron chi connectivity index (χ0n) is 32.6. The quantitative estimate of drug-likeness (QED) is 0.182. The number of aromatic nitrogens is 1.